The molecule has 1 heterocycles. The molecule has 146 valence electrons. The van der Waals surface area contributed by atoms with Crippen LogP contribution in [0.2, 0.25) is 0 Å². The number of hydrogen-bond acceptors (Lipinski definition) is 3. The summed E-state index contributed by atoms with van der Waals surface area (Å²) < 4.78 is 5.92. The summed E-state index contributed by atoms with van der Waals surface area (Å²) in [5, 5.41) is 3.02. The van der Waals surface area contributed by atoms with Crippen LogP contribution in [0.3, 0.4) is 0 Å². The van der Waals surface area contributed by atoms with E-state index in [1.165, 1.54) is 4.90 Å². The second-order valence-electron chi connectivity index (χ2n) is 7.73. The lowest BCUT2D eigenvalue weighted by Crippen LogP contribution is -2.44. The summed E-state index contributed by atoms with van der Waals surface area (Å²) in [5.41, 5.74) is 3.27. The summed E-state index contributed by atoms with van der Waals surface area (Å²) in [6.45, 7) is 4.51. The van der Waals surface area contributed by atoms with Gasteiger partial charge in [0.05, 0.1) is 6.54 Å². The van der Waals surface area contributed by atoms with Gasteiger partial charge in [0, 0.05) is 0 Å². The lowest BCUT2D eigenvalue weighted by atomic mass is 9.84. The number of rotatable bonds is 4. The predicted octanol–water partition coefficient (Wildman–Crippen LogP) is 3.86. The molecule has 2 aromatic carbocycles. The molecule has 28 heavy (non-hydrogen) atoms. The number of hydrogen-bond donors (Lipinski definition) is 1. The molecule has 0 aromatic heterocycles. The molecule has 1 saturated heterocycles. The molecule has 1 N–H and O–H groups in total. The Balaban J connectivity index is 1.53. The Morgan fingerprint density at radius 3 is 2.57 bits per heavy atom. The summed E-state index contributed by atoms with van der Waals surface area (Å²) in [5.74, 6) is 0.668. The van der Waals surface area contributed by atoms with Gasteiger partial charge in [-0.1, -0.05) is 42.5 Å². The second-order valence-corrected chi connectivity index (χ2v) is 7.73. The Labute approximate surface area is 165 Å². The number of ether oxygens (including phenoxy) is 1. The highest BCUT2D eigenvalue weighted by molar-refractivity contribution is 6.07. The van der Waals surface area contributed by atoms with Crippen LogP contribution in [0.1, 0.15) is 41.5 Å². The fourth-order valence-corrected chi connectivity index (χ4v) is 4.44. The quantitative estimate of drug-likeness (QED) is 0.822. The van der Waals surface area contributed by atoms with Gasteiger partial charge >= 0.3 is 6.03 Å². The Morgan fingerprint density at radius 1 is 1.04 bits per heavy atom. The van der Waals surface area contributed by atoms with Crippen molar-refractivity contribution >= 4 is 11.9 Å². The maximum Gasteiger partial charge on any atom is 0.325 e. The third-order valence-corrected chi connectivity index (χ3v) is 5.87. The van der Waals surface area contributed by atoms with Gasteiger partial charge in [-0.15, -0.1) is 0 Å². The van der Waals surface area contributed by atoms with Crippen LogP contribution < -0.4 is 10.1 Å². The van der Waals surface area contributed by atoms with Crippen LogP contribution in [0.5, 0.6) is 5.75 Å². The van der Waals surface area contributed by atoms with E-state index in [2.05, 4.69) is 11.4 Å². The average molecular weight is 378 g/mol. The third-order valence-electron chi connectivity index (χ3n) is 5.87. The molecule has 0 radical (unpaired) electrons. The molecule has 2 aromatic rings. The van der Waals surface area contributed by atoms with Crippen molar-refractivity contribution in [2.75, 3.05) is 13.2 Å². The van der Waals surface area contributed by atoms with Gasteiger partial charge in [0.1, 0.15) is 17.9 Å². The highest BCUT2D eigenvalue weighted by atomic mass is 16.5. The van der Waals surface area contributed by atoms with Crippen LogP contribution in [0.4, 0.5) is 4.79 Å². The number of urea groups is 1. The predicted molar refractivity (Wildman–Crippen MR) is 107 cm³/mol. The summed E-state index contributed by atoms with van der Waals surface area (Å²) in [6, 6.07) is 13.6. The molecule has 1 fully saturated rings. The molecule has 2 aliphatic rings. The van der Waals surface area contributed by atoms with Crippen molar-refractivity contribution in [3.05, 3.63) is 64.7 Å². The van der Waals surface area contributed by atoms with Gasteiger partial charge in [0.15, 0.2) is 0 Å². The minimum atomic E-state index is -0.928. The molecule has 1 aliphatic heterocycles. The van der Waals surface area contributed by atoms with Crippen molar-refractivity contribution in [3.63, 3.8) is 0 Å². The summed E-state index contributed by atoms with van der Waals surface area (Å²) in [7, 11) is 0. The zero-order valence-corrected chi connectivity index (χ0v) is 16.5. The number of carbonyl (C=O) groups is 2. The number of fused-ring (bicyclic) bond motifs is 2. The number of para-hydroxylation sites is 1. The molecule has 5 heteroatoms. The van der Waals surface area contributed by atoms with Crippen LogP contribution in [-0.2, 0) is 16.8 Å². The summed E-state index contributed by atoms with van der Waals surface area (Å²) in [6.07, 6.45) is 3.52. The van der Waals surface area contributed by atoms with Crippen molar-refractivity contribution in [2.24, 2.45) is 0 Å². The SMILES string of the molecule is Cc1cccc(C)c1OCCN1C(=O)N[C@]2(CCCCc3ccccc32)C1=O. The van der Waals surface area contributed by atoms with Crippen molar-refractivity contribution in [1.82, 2.24) is 10.2 Å². The van der Waals surface area contributed by atoms with E-state index < -0.39 is 5.54 Å². The van der Waals surface area contributed by atoms with Crippen LogP contribution in [-0.4, -0.2) is 30.0 Å². The van der Waals surface area contributed by atoms with Crippen molar-refractivity contribution < 1.29 is 14.3 Å². The normalized spacial score (nSPS) is 21.4. The summed E-state index contributed by atoms with van der Waals surface area (Å²) in [4.78, 5) is 27.4. The summed E-state index contributed by atoms with van der Waals surface area (Å²) >= 11 is 0. The van der Waals surface area contributed by atoms with E-state index in [1.54, 1.807) is 0 Å². The average Bonchev–Trinajstić information content (AvgIpc) is 2.81. The van der Waals surface area contributed by atoms with E-state index in [0.29, 0.717) is 6.42 Å². The number of benzene rings is 2. The smallest absolute Gasteiger partial charge is 0.325 e. The fraction of sp³-hybridized carbons (Fsp3) is 0.391. The van der Waals surface area contributed by atoms with Crippen LogP contribution in [0.25, 0.3) is 0 Å². The molecule has 4 rings (SSSR count). The van der Waals surface area contributed by atoms with E-state index in [0.717, 1.165) is 47.3 Å². The van der Waals surface area contributed by atoms with E-state index in [1.807, 2.05) is 50.2 Å². The Hall–Kier alpha value is -2.82. The lowest BCUT2D eigenvalue weighted by Gasteiger charge is -2.27. The Bertz CT molecular complexity index is 904. The van der Waals surface area contributed by atoms with Gasteiger partial charge in [0.25, 0.3) is 5.91 Å². The van der Waals surface area contributed by atoms with Gasteiger partial charge in [-0.2, -0.15) is 0 Å². The molecule has 0 bridgehead atoms. The monoisotopic (exact) mass is 378 g/mol. The number of carbonyl (C=O) groups excluding carboxylic acids is 2. The van der Waals surface area contributed by atoms with E-state index in [9.17, 15) is 9.59 Å². The first kappa shape index (κ1) is 18.5. The lowest BCUT2D eigenvalue weighted by molar-refractivity contribution is -0.132. The zero-order chi connectivity index (χ0) is 19.7. The van der Waals surface area contributed by atoms with Crippen LogP contribution in [0.15, 0.2) is 42.5 Å². The molecule has 5 nitrogen and oxygen atoms in total. The first-order chi connectivity index (χ1) is 13.5. The molecule has 0 unspecified atom stereocenters. The first-order valence-electron chi connectivity index (χ1n) is 9.94. The van der Waals surface area contributed by atoms with Crippen molar-refractivity contribution in [2.45, 2.75) is 45.1 Å². The number of imide groups is 1. The van der Waals surface area contributed by atoms with E-state index in [-0.39, 0.29) is 25.1 Å². The molecule has 1 aliphatic carbocycles. The first-order valence-corrected chi connectivity index (χ1v) is 9.94. The van der Waals surface area contributed by atoms with Gasteiger partial charge < -0.3 is 10.1 Å². The maximum atomic E-state index is 13.4. The van der Waals surface area contributed by atoms with Gasteiger partial charge in [-0.05, 0) is 61.8 Å². The number of nitrogens with one attached hydrogen (secondary N) is 1. The maximum absolute atomic E-state index is 13.4. The molecule has 1 atom stereocenters. The minimum Gasteiger partial charge on any atom is -0.491 e. The van der Waals surface area contributed by atoms with Crippen molar-refractivity contribution in [1.29, 1.82) is 0 Å². The van der Waals surface area contributed by atoms with E-state index in [4.69, 9.17) is 4.74 Å². The van der Waals surface area contributed by atoms with Crippen molar-refractivity contribution in [3.8, 4) is 5.75 Å². The topological polar surface area (TPSA) is 58.6 Å². The van der Waals surface area contributed by atoms with Crippen LogP contribution in [0, 0.1) is 13.8 Å². The Kier molecular flexibility index (Phi) is 4.84. The highest BCUT2D eigenvalue weighted by Crippen LogP contribution is 2.38. The standard InChI is InChI=1S/C23H26N2O3/c1-16-8-7-9-17(2)20(16)28-15-14-25-21(26)23(24-22(25)27)13-6-5-11-18-10-3-4-12-19(18)23/h3-4,7-10,12H,5-6,11,13-15H2,1-2H3,(H,24,27)/t23-/m0/s1. The van der Waals surface area contributed by atoms with E-state index >= 15 is 0 Å². The molecule has 0 saturated carbocycles. The van der Waals surface area contributed by atoms with Crippen LogP contribution >= 0.6 is 0 Å². The molecule has 3 amide bonds. The third kappa shape index (κ3) is 3.05. The zero-order valence-electron chi connectivity index (χ0n) is 16.5. The van der Waals surface area contributed by atoms with Gasteiger partial charge in [-0.3, -0.25) is 9.69 Å². The molecule has 1 spiro atoms. The fourth-order valence-electron chi connectivity index (χ4n) is 4.44. The Morgan fingerprint density at radius 2 is 1.79 bits per heavy atom. The minimum absolute atomic E-state index is 0.156. The molecular formula is C23H26N2O3. The molecular weight excluding hydrogens is 352 g/mol. The number of amides is 3. The van der Waals surface area contributed by atoms with Gasteiger partial charge in [0.2, 0.25) is 0 Å². The highest BCUT2D eigenvalue weighted by Gasteiger charge is 2.53. The number of nitrogens with zero attached hydrogens (tertiary/aromatic N) is 1. The number of aryl methyl sites for hydroxylation is 3. The second kappa shape index (κ2) is 7.30. The van der Waals surface area contributed by atoms with Gasteiger partial charge in [-0.25, -0.2) is 4.79 Å². The largest absolute Gasteiger partial charge is 0.491 e.